The number of hydrogen-bond donors (Lipinski definition) is 0. The predicted octanol–water partition coefficient (Wildman–Crippen LogP) is 10.4. The van der Waals surface area contributed by atoms with Crippen molar-refractivity contribution in [2.24, 2.45) is 11.8 Å². The van der Waals surface area contributed by atoms with Gasteiger partial charge in [0.2, 0.25) is 0 Å². The molecule has 1 saturated carbocycles. The first-order chi connectivity index (χ1) is 28.6. The maximum Gasteiger partial charge on any atom is 0.139 e. The second-order valence-corrected chi connectivity index (χ2v) is 18.2. The van der Waals surface area contributed by atoms with Gasteiger partial charge in [-0.05, 0) is 95.5 Å². The number of ether oxygens (including phenoxy) is 1. The third-order valence-electron chi connectivity index (χ3n) is 13.8. The molecule has 3 heterocycles. The Kier molecular flexibility index (Phi) is 7.88. The molecule has 0 N–H and O–H groups in total. The van der Waals surface area contributed by atoms with Crippen molar-refractivity contribution in [3.05, 3.63) is 177 Å². The monoisotopic (exact) mass is 771 g/mol. The Morgan fingerprint density at radius 1 is 0.672 bits per heavy atom. The summed E-state index contributed by atoms with van der Waals surface area (Å²) >= 11 is 1.95. The molecule has 4 heteroatoms. The van der Waals surface area contributed by atoms with E-state index < -0.39 is 0 Å². The lowest BCUT2D eigenvalue weighted by Crippen LogP contribution is -2.53. The number of anilines is 1. The van der Waals surface area contributed by atoms with Gasteiger partial charge in [-0.15, -0.1) is 11.3 Å². The highest BCUT2D eigenvalue weighted by molar-refractivity contribution is 7.26. The molecule has 58 heavy (non-hydrogen) atoms. The maximum atomic E-state index is 7.14. The predicted molar refractivity (Wildman–Crippen MR) is 241 cm³/mol. The molecule has 0 saturated heterocycles. The molecule has 2 aromatic heterocycles. The van der Waals surface area contributed by atoms with Gasteiger partial charge in [-0.25, -0.2) is 0 Å². The number of hydrogen-bond acceptors (Lipinski definition) is 4. The van der Waals surface area contributed by atoms with Gasteiger partial charge < -0.3 is 14.1 Å². The summed E-state index contributed by atoms with van der Waals surface area (Å²) in [7, 11) is 0. The molecule has 4 aliphatic rings. The first kappa shape index (κ1) is 34.2. The molecule has 0 bridgehead atoms. The fourth-order valence-corrected chi connectivity index (χ4v) is 12.4. The minimum Gasteiger partial charge on any atom is -0.485 e. The number of benzene rings is 6. The summed E-state index contributed by atoms with van der Waals surface area (Å²) in [4.78, 5) is 2.85. The summed E-state index contributed by atoms with van der Waals surface area (Å²) < 4.78 is 16.7. The first-order valence-electron chi connectivity index (χ1n) is 21.1. The van der Waals surface area contributed by atoms with Crippen LogP contribution in [0, 0.1) is 11.8 Å². The van der Waals surface area contributed by atoms with E-state index in [4.69, 9.17) is 9.15 Å². The summed E-state index contributed by atoms with van der Waals surface area (Å²) in [5, 5.41) is 7.55. The van der Waals surface area contributed by atoms with Crippen molar-refractivity contribution >= 4 is 71.8 Å². The van der Waals surface area contributed by atoms with Crippen molar-refractivity contribution in [3.63, 3.8) is 0 Å². The lowest BCUT2D eigenvalue weighted by molar-refractivity contribution is 0.280. The molecule has 3 nitrogen and oxygen atoms in total. The van der Waals surface area contributed by atoms with E-state index in [0.717, 1.165) is 29.4 Å². The van der Waals surface area contributed by atoms with Crippen LogP contribution >= 0.6 is 11.3 Å². The molecular formula is C54H45NO2S. The van der Waals surface area contributed by atoms with E-state index >= 15 is 0 Å². The maximum absolute atomic E-state index is 7.14. The summed E-state index contributed by atoms with van der Waals surface area (Å²) in [6, 6.07) is 51.8. The number of fused-ring (bicyclic) bond motifs is 10. The molecule has 3 aliphatic carbocycles. The fraction of sp³-hybridized carbons (Fsp3) is 0.222. The molecular weight excluding hydrogens is 727 g/mol. The minimum atomic E-state index is -0.114. The van der Waals surface area contributed by atoms with Gasteiger partial charge in [-0.1, -0.05) is 129 Å². The Morgan fingerprint density at radius 2 is 1.47 bits per heavy atom. The van der Waals surface area contributed by atoms with Crippen LogP contribution in [-0.4, -0.2) is 18.2 Å². The number of nitrogens with zero attached hydrogens (tertiary/aromatic N) is 1. The normalized spacial score (nSPS) is 24.5. The Balaban J connectivity index is 1.06. The van der Waals surface area contributed by atoms with E-state index in [0.29, 0.717) is 17.9 Å². The van der Waals surface area contributed by atoms with E-state index in [2.05, 4.69) is 177 Å². The quantitative estimate of drug-likeness (QED) is 0.174. The number of thiophene rings is 1. The third kappa shape index (κ3) is 5.31. The van der Waals surface area contributed by atoms with E-state index in [1.165, 1.54) is 75.8 Å². The van der Waals surface area contributed by atoms with Crippen LogP contribution in [0.25, 0.3) is 54.7 Å². The highest BCUT2D eigenvalue weighted by Crippen LogP contribution is 2.48. The molecule has 6 aromatic carbocycles. The van der Waals surface area contributed by atoms with Crippen molar-refractivity contribution in [3.8, 4) is 5.75 Å². The molecule has 284 valence electrons. The van der Waals surface area contributed by atoms with Gasteiger partial charge in [0.1, 0.15) is 22.7 Å². The smallest absolute Gasteiger partial charge is 0.139 e. The Labute approximate surface area is 342 Å². The molecule has 1 aliphatic heterocycles. The van der Waals surface area contributed by atoms with E-state index in [1.54, 1.807) is 0 Å². The summed E-state index contributed by atoms with van der Waals surface area (Å²) in [6.45, 7) is 4.89. The molecule has 6 unspecified atom stereocenters. The van der Waals surface area contributed by atoms with E-state index in [-0.39, 0.29) is 24.0 Å². The van der Waals surface area contributed by atoms with Crippen LogP contribution in [0.2, 0.25) is 0 Å². The lowest BCUT2D eigenvalue weighted by Gasteiger charge is -2.46. The zero-order valence-corrected chi connectivity index (χ0v) is 33.7. The van der Waals surface area contributed by atoms with Gasteiger partial charge in [-0.2, -0.15) is 0 Å². The highest BCUT2D eigenvalue weighted by Gasteiger charge is 2.41. The van der Waals surface area contributed by atoms with Crippen molar-refractivity contribution in [2.75, 3.05) is 4.90 Å². The van der Waals surface area contributed by atoms with Gasteiger partial charge in [0.25, 0.3) is 0 Å². The van der Waals surface area contributed by atoms with Crippen LogP contribution in [0.1, 0.15) is 61.6 Å². The summed E-state index contributed by atoms with van der Waals surface area (Å²) in [5.74, 6) is 2.39. The zero-order chi connectivity index (χ0) is 38.5. The Hall–Kier alpha value is -5.84. The third-order valence-corrected chi connectivity index (χ3v) is 15.1. The molecule has 12 rings (SSSR count). The SMILES string of the molecule is CC1CC(N(c2cccc3c2sc2ccccc23)C2C=c3c(oc4c3=CC3Oc5ccccc5C3C=4c3ccc4ccccc4c3)=C[C@H]2C)CCC1c1ccccc1. The van der Waals surface area contributed by atoms with Gasteiger partial charge in [0, 0.05) is 49.0 Å². The van der Waals surface area contributed by atoms with Crippen molar-refractivity contribution < 1.29 is 9.15 Å². The summed E-state index contributed by atoms with van der Waals surface area (Å²) in [5.41, 5.74) is 8.46. The number of rotatable bonds is 5. The molecule has 1 fully saturated rings. The lowest BCUT2D eigenvalue weighted by atomic mass is 9.73. The first-order valence-corrected chi connectivity index (χ1v) is 22.0. The van der Waals surface area contributed by atoms with Crippen molar-refractivity contribution in [1.29, 1.82) is 0 Å². The van der Waals surface area contributed by atoms with Gasteiger partial charge in [-0.3, -0.25) is 0 Å². The number of furan rings is 1. The minimum absolute atomic E-state index is 0.0500. The molecule has 0 amide bonds. The van der Waals surface area contributed by atoms with Crippen LogP contribution in [0.15, 0.2) is 144 Å². The second kappa shape index (κ2) is 13.4. The second-order valence-electron chi connectivity index (χ2n) is 17.2. The molecule has 0 radical (unpaired) electrons. The van der Waals surface area contributed by atoms with Gasteiger partial charge in [0.05, 0.1) is 22.3 Å². The van der Waals surface area contributed by atoms with E-state index in [9.17, 15) is 0 Å². The molecule has 0 spiro atoms. The van der Waals surface area contributed by atoms with Crippen molar-refractivity contribution in [1.82, 2.24) is 0 Å². The topological polar surface area (TPSA) is 25.6 Å². The van der Waals surface area contributed by atoms with Crippen molar-refractivity contribution in [2.45, 2.75) is 63.1 Å². The van der Waals surface area contributed by atoms with Gasteiger partial charge in [0.15, 0.2) is 0 Å². The van der Waals surface area contributed by atoms with Crippen LogP contribution in [-0.2, 0) is 0 Å². The highest BCUT2D eigenvalue weighted by atomic mass is 32.1. The summed E-state index contributed by atoms with van der Waals surface area (Å²) in [6.07, 6.45) is 10.7. The molecule has 7 atom stereocenters. The standard InChI is InChI=1S/C54H45NO2S/c1-32-27-38(25-26-39(32)35-14-4-3-5-15-35)55(45-20-12-19-41-40-17-9-11-22-50(40)58-54(41)45)46-30-43-44-31-49-52(42-18-8-10-21-47(42)56-49)51(53(44)57-48(43)28-33(46)2)37-24-23-34-13-6-7-16-36(34)29-37/h3-24,28-33,38-39,46,49,52H,25-27H2,1-2H3/t32?,33-,38?,39?,46?,49?,52?/m1/s1. The average molecular weight is 772 g/mol. The Bertz CT molecular complexity index is 3180. The largest absolute Gasteiger partial charge is 0.485 e. The number of para-hydroxylation sites is 1. The molecule has 8 aromatic rings. The van der Waals surface area contributed by atoms with Crippen LogP contribution in [0.3, 0.4) is 0 Å². The average Bonchev–Trinajstić information content (AvgIpc) is 3.94. The van der Waals surface area contributed by atoms with Gasteiger partial charge >= 0.3 is 0 Å². The van der Waals surface area contributed by atoms with Crippen LogP contribution in [0.5, 0.6) is 5.75 Å². The van der Waals surface area contributed by atoms with Crippen LogP contribution in [0.4, 0.5) is 5.69 Å². The zero-order valence-electron chi connectivity index (χ0n) is 32.8. The fourth-order valence-electron chi connectivity index (χ4n) is 11.1. The Morgan fingerprint density at radius 3 is 2.36 bits per heavy atom. The van der Waals surface area contributed by atoms with Crippen LogP contribution < -0.4 is 30.9 Å². The van der Waals surface area contributed by atoms with E-state index in [1.807, 2.05) is 11.3 Å².